The molecular formula is C12H16BrN3O2. The smallest absolute Gasteiger partial charge is 0.225 e. The van der Waals surface area contributed by atoms with Crippen molar-refractivity contribution in [2.24, 2.45) is 5.92 Å². The largest absolute Gasteiger partial charge is 0.378 e. The topological polar surface area (TPSA) is 64.1 Å². The Morgan fingerprint density at radius 1 is 1.50 bits per heavy atom. The lowest BCUT2D eigenvalue weighted by molar-refractivity contribution is -0.119. The SMILES string of the molecule is CCOC1CC(CC(=O)Nc2cnc(Br)cn2)C1. The summed E-state index contributed by atoms with van der Waals surface area (Å²) in [6, 6.07) is 0. The number of nitrogens with one attached hydrogen (secondary N) is 1. The molecule has 1 heterocycles. The van der Waals surface area contributed by atoms with E-state index in [0.717, 1.165) is 19.4 Å². The maximum atomic E-state index is 11.7. The van der Waals surface area contributed by atoms with Crippen LogP contribution in [-0.2, 0) is 9.53 Å². The summed E-state index contributed by atoms with van der Waals surface area (Å²) in [5.41, 5.74) is 0. The van der Waals surface area contributed by atoms with Gasteiger partial charge in [-0.15, -0.1) is 0 Å². The quantitative estimate of drug-likeness (QED) is 0.906. The molecule has 6 heteroatoms. The molecule has 1 saturated carbocycles. The van der Waals surface area contributed by atoms with Crippen molar-refractivity contribution in [2.45, 2.75) is 32.3 Å². The van der Waals surface area contributed by atoms with E-state index in [1.165, 1.54) is 6.20 Å². The van der Waals surface area contributed by atoms with Gasteiger partial charge < -0.3 is 10.1 Å². The minimum Gasteiger partial charge on any atom is -0.378 e. The van der Waals surface area contributed by atoms with E-state index in [0.29, 0.717) is 28.9 Å². The monoisotopic (exact) mass is 313 g/mol. The van der Waals surface area contributed by atoms with E-state index in [-0.39, 0.29) is 5.91 Å². The van der Waals surface area contributed by atoms with E-state index in [9.17, 15) is 4.79 Å². The summed E-state index contributed by atoms with van der Waals surface area (Å²) in [6.45, 7) is 2.74. The van der Waals surface area contributed by atoms with Crippen LogP contribution in [0.4, 0.5) is 5.82 Å². The summed E-state index contributed by atoms with van der Waals surface area (Å²) < 4.78 is 6.11. The Bertz CT molecular complexity index is 404. The van der Waals surface area contributed by atoms with Gasteiger partial charge in [-0.3, -0.25) is 4.79 Å². The number of aromatic nitrogens is 2. The fourth-order valence-corrected chi connectivity index (χ4v) is 2.25. The maximum absolute atomic E-state index is 11.7. The number of ether oxygens (including phenoxy) is 1. The summed E-state index contributed by atoms with van der Waals surface area (Å²) in [5.74, 6) is 0.917. The molecule has 1 aliphatic carbocycles. The molecular weight excluding hydrogens is 298 g/mol. The predicted molar refractivity (Wildman–Crippen MR) is 71.1 cm³/mol. The highest BCUT2D eigenvalue weighted by atomic mass is 79.9. The van der Waals surface area contributed by atoms with E-state index in [1.807, 2.05) is 6.92 Å². The summed E-state index contributed by atoms with van der Waals surface area (Å²) >= 11 is 3.19. The number of rotatable bonds is 5. The Morgan fingerprint density at radius 3 is 2.89 bits per heavy atom. The molecule has 1 fully saturated rings. The first-order chi connectivity index (χ1) is 8.67. The molecule has 98 valence electrons. The first kappa shape index (κ1) is 13.4. The van der Waals surface area contributed by atoms with Gasteiger partial charge in [0.2, 0.25) is 5.91 Å². The molecule has 0 saturated heterocycles. The molecule has 0 radical (unpaired) electrons. The lowest BCUT2D eigenvalue weighted by Crippen LogP contribution is -2.34. The summed E-state index contributed by atoms with van der Waals surface area (Å²) in [4.78, 5) is 19.8. The molecule has 0 aliphatic heterocycles. The number of hydrogen-bond acceptors (Lipinski definition) is 4. The molecule has 0 bridgehead atoms. The van der Waals surface area contributed by atoms with Gasteiger partial charge in [0.05, 0.1) is 18.5 Å². The number of nitrogens with zero attached hydrogens (tertiary/aromatic N) is 2. The van der Waals surface area contributed by atoms with Crippen molar-refractivity contribution in [3.63, 3.8) is 0 Å². The van der Waals surface area contributed by atoms with Crippen LogP contribution in [0.15, 0.2) is 17.0 Å². The van der Waals surface area contributed by atoms with Crippen molar-refractivity contribution in [1.82, 2.24) is 9.97 Å². The average molecular weight is 314 g/mol. The Labute approximate surface area is 114 Å². The number of anilines is 1. The average Bonchev–Trinajstić information content (AvgIpc) is 2.29. The standard InChI is InChI=1S/C12H16BrN3O2/c1-2-18-9-3-8(4-9)5-12(17)16-11-7-14-10(13)6-15-11/h6-9H,2-5H2,1H3,(H,15,16,17). The normalized spacial score (nSPS) is 22.3. The molecule has 2 rings (SSSR count). The fraction of sp³-hybridized carbons (Fsp3) is 0.583. The second kappa shape index (κ2) is 6.24. The van der Waals surface area contributed by atoms with Crippen LogP contribution in [0.25, 0.3) is 0 Å². The van der Waals surface area contributed by atoms with Crippen LogP contribution in [0.5, 0.6) is 0 Å². The first-order valence-corrected chi connectivity index (χ1v) is 6.85. The van der Waals surface area contributed by atoms with Crippen molar-refractivity contribution in [3.05, 3.63) is 17.0 Å². The van der Waals surface area contributed by atoms with Crippen LogP contribution in [0.3, 0.4) is 0 Å². The van der Waals surface area contributed by atoms with E-state index in [4.69, 9.17) is 4.74 Å². The van der Waals surface area contributed by atoms with Crippen LogP contribution in [0, 0.1) is 5.92 Å². The number of carbonyl (C=O) groups is 1. The number of amides is 1. The zero-order chi connectivity index (χ0) is 13.0. The number of hydrogen-bond donors (Lipinski definition) is 1. The molecule has 1 amide bonds. The highest BCUT2D eigenvalue weighted by molar-refractivity contribution is 9.10. The second-order valence-electron chi connectivity index (χ2n) is 4.39. The van der Waals surface area contributed by atoms with Crippen LogP contribution in [0.2, 0.25) is 0 Å². The van der Waals surface area contributed by atoms with Crippen LogP contribution < -0.4 is 5.32 Å². The molecule has 1 aliphatic rings. The third-order valence-electron chi connectivity index (χ3n) is 2.96. The van der Waals surface area contributed by atoms with Gasteiger partial charge in [0.1, 0.15) is 4.60 Å². The third-order valence-corrected chi connectivity index (χ3v) is 3.37. The lowest BCUT2D eigenvalue weighted by Gasteiger charge is -2.34. The van der Waals surface area contributed by atoms with E-state index in [1.54, 1.807) is 6.20 Å². The lowest BCUT2D eigenvalue weighted by atomic mass is 9.80. The van der Waals surface area contributed by atoms with Gasteiger partial charge in [0.15, 0.2) is 5.82 Å². The number of carbonyl (C=O) groups excluding carboxylic acids is 1. The highest BCUT2D eigenvalue weighted by Crippen LogP contribution is 2.32. The summed E-state index contributed by atoms with van der Waals surface area (Å²) in [7, 11) is 0. The minimum atomic E-state index is -0.00780. The van der Waals surface area contributed by atoms with Crippen molar-refractivity contribution < 1.29 is 9.53 Å². The van der Waals surface area contributed by atoms with Gasteiger partial charge in [-0.25, -0.2) is 9.97 Å². The minimum absolute atomic E-state index is 0.00780. The molecule has 0 unspecified atom stereocenters. The molecule has 0 spiro atoms. The second-order valence-corrected chi connectivity index (χ2v) is 5.20. The predicted octanol–water partition coefficient (Wildman–Crippen LogP) is 2.38. The van der Waals surface area contributed by atoms with Gasteiger partial charge in [0, 0.05) is 13.0 Å². The molecule has 5 nitrogen and oxygen atoms in total. The summed E-state index contributed by atoms with van der Waals surface area (Å²) in [5, 5.41) is 2.74. The zero-order valence-corrected chi connectivity index (χ0v) is 11.8. The third kappa shape index (κ3) is 3.74. The van der Waals surface area contributed by atoms with Crippen LogP contribution in [0.1, 0.15) is 26.2 Å². The Hall–Kier alpha value is -1.01. The van der Waals surface area contributed by atoms with Crippen LogP contribution >= 0.6 is 15.9 Å². The molecule has 0 aromatic carbocycles. The van der Waals surface area contributed by atoms with Gasteiger partial charge in [-0.2, -0.15) is 0 Å². The zero-order valence-electron chi connectivity index (χ0n) is 10.2. The molecule has 1 aromatic rings. The maximum Gasteiger partial charge on any atom is 0.225 e. The van der Waals surface area contributed by atoms with Gasteiger partial charge in [-0.1, -0.05) is 0 Å². The molecule has 18 heavy (non-hydrogen) atoms. The van der Waals surface area contributed by atoms with E-state index >= 15 is 0 Å². The Morgan fingerprint density at radius 2 is 2.28 bits per heavy atom. The number of halogens is 1. The fourth-order valence-electron chi connectivity index (χ4n) is 2.05. The first-order valence-electron chi connectivity index (χ1n) is 6.06. The van der Waals surface area contributed by atoms with Crippen LogP contribution in [-0.4, -0.2) is 28.6 Å². The van der Waals surface area contributed by atoms with Crippen molar-refractivity contribution in [3.8, 4) is 0 Å². The van der Waals surface area contributed by atoms with E-state index in [2.05, 4.69) is 31.2 Å². The van der Waals surface area contributed by atoms with Gasteiger partial charge in [-0.05, 0) is 41.6 Å². The van der Waals surface area contributed by atoms with E-state index < -0.39 is 0 Å². The van der Waals surface area contributed by atoms with Crippen molar-refractivity contribution in [2.75, 3.05) is 11.9 Å². The highest BCUT2D eigenvalue weighted by Gasteiger charge is 2.31. The van der Waals surface area contributed by atoms with Gasteiger partial charge in [0.25, 0.3) is 0 Å². The molecule has 0 atom stereocenters. The molecule has 1 aromatic heterocycles. The Balaban J connectivity index is 1.72. The molecule has 1 N–H and O–H groups in total. The van der Waals surface area contributed by atoms with Crippen molar-refractivity contribution in [1.29, 1.82) is 0 Å². The Kier molecular flexibility index (Phi) is 4.66. The van der Waals surface area contributed by atoms with Gasteiger partial charge >= 0.3 is 0 Å². The summed E-state index contributed by atoms with van der Waals surface area (Å²) in [6.07, 6.45) is 5.93. The van der Waals surface area contributed by atoms with Crippen molar-refractivity contribution >= 4 is 27.7 Å².